The minimum absolute atomic E-state index is 0.253. The molecule has 6 nitrogen and oxygen atoms in total. The molecule has 0 radical (unpaired) electrons. The Balaban J connectivity index is 1.78. The summed E-state index contributed by atoms with van der Waals surface area (Å²) in [5.74, 6) is 0.138. The topological polar surface area (TPSA) is 89.9 Å². The number of ether oxygens (including phenoxy) is 1. The van der Waals surface area contributed by atoms with Crippen LogP contribution in [0.4, 0.5) is 0 Å². The van der Waals surface area contributed by atoms with E-state index in [1.54, 1.807) is 36.0 Å². The highest BCUT2D eigenvalue weighted by atomic mass is 35.5. The van der Waals surface area contributed by atoms with Crippen molar-refractivity contribution >= 4 is 45.0 Å². The van der Waals surface area contributed by atoms with E-state index in [0.29, 0.717) is 16.5 Å². The number of thioether (sulfide) groups is 1. The van der Waals surface area contributed by atoms with E-state index in [-0.39, 0.29) is 5.75 Å². The molecule has 0 aliphatic carbocycles. The second kappa shape index (κ2) is 11.3. The van der Waals surface area contributed by atoms with Crippen LogP contribution in [0.25, 0.3) is 5.57 Å². The molecule has 3 rings (SSSR count). The lowest BCUT2D eigenvalue weighted by atomic mass is 9.98. The second-order valence-corrected chi connectivity index (χ2v) is 9.96. The average molecular weight is 505 g/mol. The maximum absolute atomic E-state index is 11.3. The van der Waals surface area contributed by atoms with E-state index >= 15 is 0 Å². The van der Waals surface area contributed by atoms with Crippen LogP contribution in [-0.4, -0.2) is 38.1 Å². The molecule has 172 valence electrons. The first-order valence-corrected chi connectivity index (χ1v) is 12.9. The monoisotopic (exact) mass is 504 g/mol. The molecule has 3 aromatic rings. The van der Waals surface area contributed by atoms with Crippen molar-refractivity contribution in [3.05, 3.63) is 95.0 Å². The minimum Gasteiger partial charge on any atom is -0.480 e. The highest BCUT2D eigenvalue weighted by Gasteiger charge is 2.09. The molecular formula is C24H21ClO6S2. The molecule has 0 spiro atoms. The van der Waals surface area contributed by atoms with Gasteiger partial charge in [0.05, 0.1) is 11.3 Å². The fraction of sp³-hybridized carbons (Fsp3) is 0.125. The average Bonchev–Trinajstić information content (AvgIpc) is 2.76. The smallest absolute Gasteiger partial charge is 0.341 e. The summed E-state index contributed by atoms with van der Waals surface area (Å²) in [7, 11) is -3.59. The van der Waals surface area contributed by atoms with Crippen LogP contribution in [0.5, 0.6) is 11.5 Å². The van der Waals surface area contributed by atoms with Crippen LogP contribution in [0, 0.1) is 0 Å². The normalized spacial score (nSPS) is 11.8. The summed E-state index contributed by atoms with van der Waals surface area (Å²) in [4.78, 5) is 11.6. The van der Waals surface area contributed by atoms with Gasteiger partial charge in [-0.15, -0.1) is 11.8 Å². The summed E-state index contributed by atoms with van der Waals surface area (Å²) in [6.07, 6.45) is 3.08. The molecule has 3 aromatic carbocycles. The van der Waals surface area contributed by atoms with Crippen LogP contribution < -0.4 is 8.92 Å². The summed E-state index contributed by atoms with van der Waals surface area (Å²) in [5, 5.41) is 9.07. The lowest BCUT2D eigenvalue weighted by molar-refractivity contribution is -0.139. The lowest BCUT2D eigenvalue weighted by Crippen LogP contribution is -2.09. The Morgan fingerprint density at radius 3 is 2.30 bits per heavy atom. The molecule has 0 atom stereocenters. The van der Waals surface area contributed by atoms with Gasteiger partial charge in [-0.1, -0.05) is 60.1 Å². The Hall–Kier alpha value is -2.94. The van der Waals surface area contributed by atoms with Gasteiger partial charge in [0.2, 0.25) is 0 Å². The van der Waals surface area contributed by atoms with E-state index in [4.69, 9.17) is 25.6 Å². The molecular weight excluding hydrogens is 484 g/mol. The van der Waals surface area contributed by atoms with Crippen molar-refractivity contribution in [3.63, 3.8) is 0 Å². The molecule has 0 saturated heterocycles. The molecule has 0 unspecified atom stereocenters. The Labute approximate surface area is 201 Å². The predicted molar refractivity (Wildman–Crippen MR) is 131 cm³/mol. The fourth-order valence-corrected chi connectivity index (χ4v) is 4.50. The van der Waals surface area contributed by atoms with E-state index in [1.165, 1.54) is 0 Å². The SMILES string of the molecule is CS(=O)(=O)Oc1ccc(C(=CCSc2ccc(OCC(=O)O)c(Cl)c2)c2ccccc2)cc1. The van der Waals surface area contributed by atoms with Crippen molar-refractivity contribution in [2.24, 2.45) is 0 Å². The number of halogens is 1. The molecule has 0 aliphatic heterocycles. The molecule has 0 saturated carbocycles. The maximum atomic E-state index is 11.3. The van der Waals surface area contributed by atoms with Crippen LogP contribution in [0.15, 0.2) is 83.8 Å². The minimum atomic E-state index is -3.59. The van der Waals surface area contributed by atoms with E-state index in [0.717, 1.165) is 27.9 Å². The molecule has 1 N–H and O–H groups in total. The number of hydrogen-bond acceptors (Lipinski definition) is 6. The van der Waals surface area contributed by atoms with Gasteiger partial charge in [0.1, 0.15) is 11.5 Å². The van der Waals surface area contributed by atoms with Gasteiger partial charge >= 0.3 is 16.1 Å². The number of hydrogen-bond donors (Lipinski definition) is 1. The first-order valence-electron chi connectivity index (χ1n) is 9.74. The van der Waals surface area contributed by atoms with Gasteiger partial charge in [-0.2, -0.15) is 8.42 Å². The third-order valence-corrected chi connectivity index (χ3v) is 6.00. The van der Waals surface area contributed by atoms with Gasteiger partial charge in [0, 0.05) is 10.6 Å². The summed E-state index contributed by atoms with van der Waals surface area (Å²) in [6.45, 7) is -0.455. The van der Waals surface area contributed by atoms with Crippen LogP contribution in [-0.2, 0) is 14.9 Å². The van der Waals surface area contributed by atoms with Crippen molar-refractivity contribution < 1.29 is 27.2 Å². The van der Waals surface area contributed by atoms with Crippen LogP contribution in [0.2, 0.25) is 5.02 Å². The van der Waals surface area contributed by atoms with Crippen molar-refractivity contribution in [2.75, 3.05) is 18.6 Å². The quantitative estimate of drug-likeness (QED) is 0.293. The standard InChI is InChI=1S/C24H21ClO6S2/c1-33(28,29)31-19-9-7-18(8-10-19)21(17-5-3-2-4-6-17)13-14-32-20-11-12-23(22(25)15-20)30-16-24(26)27/h2-13,15H,14,16H2,1H3,(H,26,27). The Morgan fingerprint density at radius 1 is 1.03 bits per heavy atom. The highest BCUT2D eigenvalue weighted by molar-refractivity contribution is 7.99. The van der Waals surface area contributed by atoms with Gasteiger partial charge < -0.3 is 14.0 Å². The molecule has 0 bridgehead atoms. The van der Waals surface area contributed by atoms with Crippen molar-refractivity contribution in [1.29, 1.82) is 0 Å². The van der Waals surface area contributed by atoms with E-state index in [2.05, 4.69) is 6.08 Å². The van der Waals surface area contributed by atoms with Crippen molar-refractivity contribution in [2.45, 2.75) is 4.90 Å². The van der Waals surface area contributed by atoms with Crippen LogP contribution >= 0.6 is 23.4 Å². The summed E-state index contributed by atoms with van der Waals surface area (Å²) >= 11 is 7.77. The van der Waals surface area contributed by atoms with Crippen LogP contribution in [0.1, 0.15) is 11.1 Å². The van der Waals surface area contributed by atoms with Gasteiger partial charge in [-0.25, -0.2) is 4.79 Å². The third kappa shape index (κ3) is 7.85. The molecule has 33 heavy (non-hydrogen) atoms. The maximum Gasteiger partial charge on any atom is 0.341 e. The summed E-state index contributed by atoms with van der Waals surface area (Å²) in [6, 6.07) is 21.9. The molecule has 0 aliphatic rings. The van der Waals surface area contributed by atoms with Gasteiger partial charge in [-0.05, 0) is 47.0 Å². The molecule has 0 aromatic heterocycles. The van der Waals surface area contributed by atoms with Gasteiger partial charge in [0.15, 0.2) is 6.61 Å². The largest absolute Gasteiger partial charge is 0.480 e. The number of carboxylic acid groups (broad SMARTS) is 1. The number of aliphatic carboxylic acids is 1. The molecule has 0 heterocycles. The van der Waals surface area contributed by atoms with Gasteiger partial charge in [-0.3, -0.25) is 0 Å². The Morgan fingerprint density at radius 2 is 1.70 bits per heavy atom. The van der Waals surface area contributed by atoms with E-state index in [1.807, 2.05) is 48.5 Å². The fourth-order valence-electron chi connectivity index (χ4n) is 2.93. The van der Waals surface area contributed by atoms with E-state index in [9.17, 15) is 13.2 Å². The third-order valence-electron chi connectivity index (χ3n) is 4.29. The predicted octanol–water partition coefficient (Wildman–Crippen LogP) is 5.37. The summed E-state index contributed by atoms with van der Waals surface area (Å²) < 4.78 is 32.8. The van der Waals surface area contributed by atoms with Gasteiger partial charge in [0.25, 0.3) is 0 Å². The molecule has 9 heteroatoms. The number of rotatable bonds is 10. The number of benzene rings is 3. The number of carboxylic acids is 1. The first kappa shape index (κ1) is 24.7. The Kier molecular flexibility index (Phi) is 8.43. The van der Waals surface area contributed by atoms with E-state index < -0.39 is 22.7 Å². The Bertz CT molecular complexity index is 1240. The zero-order valence-electron chi connectivity index (χ0n) is 17.6. The molecule has 0 fully saturated rings. The lowest BCUT2D eigenvalue weighted by Gasteiger charge is -2.11. The zero-order valence-corrected chi connectivity index (χ0v) is 20.0. The number of carbonyl (C=O) groups is 1. The second-order valence-electron chi connectivity index (χ2n) is 6.88. The zero-order chi connectivity index (χ0) is 23.8. The first-order chi connectivity index (χ1) is 15.7. The van der Waals surface area contributed by atoms with Crippen molar-refractivity contribution in [1.82, 2.24) is 0 Å². The highest BCUT2D eigenvalue weighted by Crippen LogP contribution is 2.31. The summed E-state index contributed by atoms with van der Waals surface area (Å²) in [5.41, 5.74) is 2.92. The van der Waals surface area contributed by atoms with Crippen molar-refractivity contribution in [3.8, 4) is 11.5 Å². The van der Waals surface area contributed by atoms with Crippen LogP contribution in [0.3, 0.4) is 0 Å². The molecule has 0 amide bonds.